The van der Waals surface area contributed by atoms with Crippen LogP contribution >= 0.6 is 0 Å². The van der Waals surface area contributed by atoms with Gasteiger partial charge in [-0.05, 0) is 36.0 Å². The zero-order chi connectivity index (χ0) is 10.8. The first-order chi connectivity index (χ1) is 7.18. The monoisotopic (exact) mass is 206 g/mol. The van der Waals surface area contributed by atoms with Crippen LogP contribution in [0, 0.1) is 0 Å². The van der Waals surface area contributed by atoms with E-state index < -0.39 is 5.56 Å². The van der Waals surface area contributed by atoms with Crippen molar-refractivity contribution in [2.75, 3.05) is 0 Å². The van der Waals surface area contributed by atoms with Crippen molar-refractivity contribution in [1.29, 1.82) is 0 Å². The number of pyridine rings is 1. The molecule has 0 saturated heterocycles. The maximum atomic E-state index is 11.7. The first kappa shape index (κ1) is 9.57. The fourth-order valence-corrected chi connectivity index (χ4v) is 1.13. The Morgan fingerprint density at radius 2 is 2.27 bits per heavy atom. The molecule has 6 nitrogen and oxygen atoms in total. The molecular formula is C9H10N4O2. The summed E-state index contributed by atoms with van der Waals surface area (Å²) in [6.07, 6.45) is 1.39. The lowest BCUT2D eigenvalue weighted by Crippen LogP contribution is -2.34. The summed E-state index contributed by atoms with van der Waals surface area (Å²) < 4.78 is 0. The van der Waals surface area contributed by atoms with Gasteiger partial charge in [0.15, 0.2) is 5.52 Å². The number of hydrogen-bond acceptors (Lipinski definition) is 5. The molecule has 0 unspecified atom stereocenters. The van der Waals surface area contributed by atoms with Gasteiger partial charge in [-0.1, -0.05) is 0 Å². The molecule has 0 aliphatic carbocycles. The van der Waals surface area contributed by atoms with Crippen LogP contribution in [-0.2, 0) is 0 Å². The van der Waals surface area contributed by atoms with Crippen LogP contribution in [-0.4, -0.2) is 26.2 Å². The van der Waals surface area contributed by atoms with Gasteiger partial charge in [0.1, 0.15) is 11.6 Å². The molecule has 0 aromatic carbocycles. The normalized spacial score (nSPS) is 10.9. The van der Waals surface area contributed by atoms with Crippen molar-refractivity contribution in [3.63, 3.8) is 0 Å². The fraction of sp³-hybridized carbons (Fsp3) is 0.333. The molecule has 0 amide bonds. The smallest absolute Gasteiger partial charge is 0.332 e. The van der Waals surface area contributed by atoms with Gasteiger partial charge in [0, 0.05) is 6.20 Å². The van der Waals surface area contributed by atoms with Crippen LogP contribution in [0.5, 0.6) is 0 Å². The van der Waals surface area contributed by atoms with Gasteiger partial charge >= 0.3 is 5.56 Å². The SMILES string of the molecule is CC(C)On1nnc2cccnc2c1=O. The molecular weight excluding hydrogens is 196 g/mol. The van der Waals surface area contributed by atoms with Gasteiger partial charge in [-0.3, -0.25) is 4.79 Å². The highest BCUT2D eigenvalue weighted by atomic mass is 16.7. The molecule has 2 heterocycles. The van der Waals surface area contributed by atoms with Gasteiger partial charge in [0.25, 0.3) is 0 Å². The summed E-state index contributed by atoms with van der Waals surface area (Å²) in [5.74, 6) is 0. The second kappa shape index (κ2) is 3.64. The Kier molecular flexibility index (Phi) is 2.32. The predicted molar refractivity (Wildman–Crippen MR) is 53.3 cm³/mol. The van der Waals surface area contributed by atoms with Crippen molar-refractivity contribution in [2.45, 2.75) is 20.0 Å². The second-order valence-electron chi connectivity index (χ2n) is 3.29. The van der Waals surface area contributed by atoms with Crippen LogP contribution in [0.4, 0.5) is 0 Å². The Morgan fingerprint density at radius 3 is 3.00 bits per heavy atom. The van der Waals surface area contributed by atoms with E-state index in [1.807, 2.05) is 0 Å². The molecule has 2 rings (SSSR count). The molecule has 2 aromatic rings. The van der Waals surface area contributed by atoms with Crippen LogP contribution in [0.3, 0.4) is 0 Å². The van der Waals surface area contributed by atoms with E-state index in [2.05, 4.69) is 15.3 Å². The summed E-state index contributed by atoms with van der Waals surface area (Å²) in [4.78, 5) is 21.7. The lowest BCUT2D eigenvalue weighted by molar-refractivity contribution is 0.0229. The lowest BCUT2D eigenvalue weighted by Gasteiger charge is -2.08. The molecule has 2 aromatic heterocycles. The lowest BCUT2D eigenvalue weighted by atomic mass is 10.4. The molecule has 0 atom stereocenters. The fourth-order valence-electron chi connectivity index (χ4n) is 1.13. The molecule has 0 bridgehead atoms. The average molecular weight is 206 g/mol. The highest BCUT2D eigenvalue weighted by Gasteiger charge is 2.07. The van der Waals surface area contributed by atoms with Crippen LogP contribution in [0.25, 0.3) is 11.0 Å². The van der Waals surface area contributed by atoms with Crippen LogP contribution in [0.1, 0.15) is 13.8 Å². The van der Waals surface area contributed by atoms with E-state index in [0.29, 0.717) is 5.52 Å². The van der Waals surface area contributed by atoms with Crippen molar-refractivity contribution in [3.8, 4) is 0 Å². The molecule has 0 aliphatic rings. The zero-order valence-electron chi connectivity index (χ0n) is 8.41. The standard InChI is InChI=1S/C9H10N4O2/c1-6(2)15-13-9(14)8-7(11-12-13)4-3-5-10-8/h3-6H,1-2H3. The number of rotatable bonds is 2. The van der Waals surface area contributed by atoms with Gasteiger partial charge in [0.05, 0.1) is 0 Å². The first-order valence-electron chi connectivity index (χ1n) is 4.56. The highest BCUT2D eigenvalue weighted by molar-refractivity contribution is 5.71. The summed E-state index contributed by atoms with van der Waals surface area (Å²) in [6, 6.07) is 3.38. The van der Waals surface area contributed by atoms with E-state index in [9.17, 15) is 4.79 Å². The third kappa shape index (κ3) is 1.78. The molecule has 15 heavy (non-hydrogen) atoms. The van der Waals surface area contributed by atoms with Gasteiger partial charge in [-0.25, -0.2) is 4.98 Å². The third-order valence-electron chi connectivity index (χ3n) is 1.71. The van der Waals surface area contributed by atoms with Crippen molar-refractivity contribution in [2.24, 2.45) is 0 Å². The summed E-state index contributed by atoms with van der Waals surface area (Å²) in [5.41, 5.74) is 0.327. The Bertz CT molecular complexity index is 535. The topological polar surface area (TPSA) is 69.9 Å². The zero-order valence-corrected chi connectivity index (χ0v) is 8.41. The molecule has 0 radical (unpaired) electrons. The largest absolute Gasteiger partial charge is 0.390 e. The summed E-state index contributed by atoms with van der Waals surface area (Å²) in [6.45, 7) is 3.60. The minimum absolute atomic E-state index is 0.141. The van der Waals surface area contributed by atoms with Gasteiger partial charge in [0.2, 0.25) is 0 Å². The van der Waals surface area contributed by atoms with E-state index in [0.717, 1.165) is 4.85 Å². The predicted octanol–water partition coefficient (Wildman–Crippen LogP) is 0.0235. The molecule has 0 fully saturated rings. The molecule has 0 spiro atoms. The van der Waals surface area contributed by atoms with Crippen LogP contribution in [0.15, 0.2) is 23.1 Å². The Hall–Kier alpha value is -1.98. The molecule has 0 saturated carbocycles. The number of hydrogen-bond donors (Lipinski definition) is 0. The highest BCUT2D eigenvalue weighted by Crippen LogP contribution is 1.98. The molecule has 78 valence electrons. The van der Waals surface area contributed by atoms with Crippen molar-refractivity contribution in [1.82, 2.24) is 20.1 Å². The quantitative estimate of drug-likeness (QED) is 0.693. The summed E-state index contributed by atoms with van der Waals surface area (Å²) >= 11 is 0. The molecule has 6 heteroatoms. The molecule has 0 N–H and O–H groups in total. The van der Waals surface area contributed by atoms with Crippen molar-refractivity contribution in [3.05, 3.63) is 28.7 Å². The van der Waals surface area contributed by atoms with Crippen molar-refractivity contribution >= 4 is 11.0 Å². The maximum absolute atomic E-state index is 11.7. The van der Waals surface area contributed by atoms with Crippen LogP contribution < -0.4 is 10.4 Å². The Balaban J connectivity index is 2.60. The minimum Gasteiger partial charge on any atom is -0.390 e. The third-order valence-corrected chi connectivity index (χ3v) is 1.71. The minimum atomic E-state index is -0.394. The molecule has 0 aliphatic heterocycles. The average Bonchev–Trinajstić information content (AvgIpc) is 2.22. The second-order valence-corrected chi connectivity index (χ2v) is 3.29. The maximum Gasteiger partial charge on any atom is 0.332 e. The Morgan fingerprint density at radius 1 is 1.47 bits per heavy atom. The number of aromatic nitrogens is 4. The van der Waals surface area contributed by atoms with E-state index in [4.69, 9.17) is 4.84 Å². The van der Waals surface area contributed by atoms with Gasteiger partial charge in [-0.2, -0.15) is 0 Å². The van der Waals surface area contributed by atoms with E-state index >= 15 is 0 Å². The van der Waals surface area contributed by atoms with Crippen molar-refractivity contribution < 1.29 is 4.84 Å². The number of nitrogens with zero attached hydrogens (tertiary/aromatic N) is 4. The Labute approximate surface area is 85.5 Å². The van der Waals surface area contributed by atoms with E-state index in [1.165, 1.54) is 6.20 Å². The van der Waals surface area contributed by atoms with Gasteiger partial charge in [-0.15, -0.1) is 5.10 Å². The van der Waals surface area contributed by atoms with E-state index in [-0.39, 0.29) is 11.6 Å². The van der Waals surface area contributed by atoms with Gasteiger partial charge < -0.3 is 4.84 Å². The van der Waals surface area contributed by atoms with E-state index in [1.54, 1.807) is 26.0 Å². The summed E-state index contributed by atoms with van der Waals surface area (Å²) in [5, 5.41) is 7.46. The first-order valence-corrected chi connectivity index (χ1v) is 4.56. The number of fused-ring (bicyclic) bond motifs is 1. The van der Waals surface area contributed by atoms with Crippen LogP contribution in [0.2, 0.25) is 0 Å². The summed E-state index contributed by atoms with van der Waals surface area (Å²) in [7, 11) is 0.